The van der Waals surface area contributed by atoms with Crippen LogP contribution in [-0.2, 0) is 19.9 Å². The summed E-state index contributed by atoms with van der Waals surface area (Å²) < 4.78 is 1.70. The van der Waals surface area contributed by atoms with E-state index >= 15 is 0 Å². The number of nitrogens with zero attached hydrogens (tertiary/aromatic N) is 3. The van der Waals surface area contributed by atoms with E-state index in [4.69, 9.17) is 5.11 Å². The number of aromatic hydroxyl groups is 1. The van der Waals surface area contributed by atoms with Gasteiger partial charge in [-0.1, -0.05) is 17.3 Å². The van der Waals surface area contributed by atoms with Crippen molar-refractivity contribution in [1.82, 2.24) is 15.0 Å². The van der Waals surface area contributed by atoms with E-state index < -0.39 is 0 Å². The highest BCUT2D eigenvalue weighted by Gasteiger charge is 1.99. The molecule has 0 aliphatic carbocycles. The number of phenolic OH excluding ortho intramolecular Hbond substituents is 1. The van der Waals surface area contributed by atoms with E-state index in [-0.39, 0.29) is 0 Å². The summed E-state index contributed by atoms with van der Waals surface area (Å²) in [5.41, 5.74) is 2.18. The Morgan fingerprint density at radius 2 is 1.93 bits per heavy atom. The standard InChI is InChI=1S/C11H13N3O/c1-14-8-10(12-13-14)5-2-9-3-6-11(15)7-4-9/h3-4,6-8,15H,2,5H2,1H3. The summed E-state index contributed by atoms with van der Waals surface area (Å²) in [5.74, 6) is 0.304. The molecule has 0 amide bonds. The van der Waals surface area contributed by atoms with E-state index in [1.165, 1.54) is 5.56 Å². The summed E-state index contributed by atoms with van der Waals surface area (Å²) in [7, 11) is 1.86. The minimum Gasteiger partial charge on any atom is -0.508 e. The minimum atomic E-state index is 0.304. The van der Waals surface area contributed by atoms with Gasteiger partial charge in [0.05, 0.1) is 5.69 Å². The summed E-state index contributed by atoms with van der Waals surface area (Å²) in [4.78, 5) is 0. The van der Waals surface area contributed by atoms with Crippen LogP contribution >= 0.6 is 0 Å². The van der Waals surface area contributed by atoms with Gasteiger partial charge >= 0.3 is 0 Å². The lowest BCUT2D eigenvalue weighted by Gasteiger charge is -1.98. The lowest BCUT2D eigenvalue weighted by molar-refractivity contribution is 0.475. The number of phenols is 1. The molecule has 1 aromatic carbocycles. The highest BCUT2D eigenvalue weighted by molar-refractivity contribution is 5.26. The average Bonchev–Trinajstić information content (AvgIpc) is 2.64. The maximum Gasteiger partial charge on any atom is 0.115 e. The number of hydrogen-bond acceptors (Lipinski definition) is 3. The molecule has 1 heterocycles. The molecule has 78 valence electrons. The van der Waals surface area contributed by atoms with Gasteiger partial charge in [0.2, 0.25) is 0 Å². The van der Waals surface area contributed by atoms with Gasteiger partial charge in [0.25, 0.3) is 0 Å². The molecule has 2 rings (SSSR count). The molecule has 0 spiro atoms. The summed E-state index contributed by atoms with van der Waals surface area (Å²) in [6, 6.07) is 7.25. The number of rotatable bonds is 3. The Bertz CT molecular complexity index is 433. The van der Waals surface area contributed by atoms with Gasteiger partial charge in [-0.05, 0) is 30.5 Å². The van der Waals surface area contributed by atoms with E-state index in [2.05, 4.69) is 10.3 Å². The predicted octanol–water partition coefficient (Wildman–Crippen LogP) is 1.31. The molecule has 1 aromatic heterocycles. The second-order valence-corrected chi connectivity index (χ2v) is 3.55. The van der Waals surface area contributed by atoms with Crippen molar-refractivity contribution in [1.29, 1.82) is 0 Å². The first-order valence-corrected chi connectivity index (χ1v) is 4.87. The zero-order chi connectivity index (χ0) is 10.7. The number of aromatic nitrogens is 3. The third-order valence-electron chi connectivity index (χ3n) is 2.26. The van der Waals surface area contributed by atoms with Gasteiger partial charge in [-0.3, -0.25) is 4.68 Å². The second-order valence-electron chi connectivity index (χ2n) is 3.55. The van der Waals surface area contributed by atoms with Crippen LogP contribution in [0.4, 0.5) is 0 Å². The van der Waals surface area contributed by atoms with Crippen molar-refractivity contribution in [2.45, 2.75) is 12.8 Å². The Morgan fingerprint density at radius 3 is 2.53 bits per heavy atom. The Morgan fingerprint density at radius 1 is 1.20 bits per heavy atom. The number of benzene rings is 1. The van der Waals surface area contributed by atoms with Crippen LogP contribution in [0, 0.1) is 0 Å². The Kier molecular flexibility index (Phi) is 2.67. The van der Waals surface area contributed by atoms with E-state index in [0.29, 0.717) is 5.75 Å². The van der Waals surface area contributed by atoms with Crippen LogP contribution in [0.3, 0.4) is 0 Å². The topological polar surface area (TPSA) is 50.9 Å². The molecule has 15 heavy (non-hydrogen) atoms. The molecule has 0 radical (unpaired) electrons. The molecule has 0 bridgehead atoms. The van der Waals surface area contributed by atoms with Crippen molar-refractivity contribution < 1.29 is 5.11 Å². The lowest BCUT2D eigenvalue weighted by atomic mass is 10.1. The smallest absolute Gasteiger partial charge is 0.115 e. The van der Waals surface area contributed by atoms with Crippen molar-refractivity contribution in [3.05, 3.63) is 41.7 Å². The molecular formula is C11H13N3O. The SMILES string of the molecule is Cn1cc(CCc2ccc(O)cc2)nn1. The lowest BCUT2D eigenvalue weighted by Crippen LogP contribution is -1.91. The molecule has 0 unspecified atom stereocenters. The molecule has 4 heteroatoms. The first-order chi connectivity index (χ1) is 7.24. The molecular weight excluding hydrogens is 190 g/mol. The van der Waals surface area contributed by atoms with Crippen molar-refractivity contribution in [3.8, 4) is 5.75 Å². The van der Waals surface area contributed by atoms with Gasteiger partial charge in [0.1, 0.15) is 5.75 Å². The van der Waals surface area contributed by atoms with Crippen LogP contribution in [0.1, 0.15) is 11.3 Å². The van der Waals surface area contributed by atoms with Crippen LogP contribution in [0.25, 0.3) is 0 Å². The molecule has 2 aromatic rings. The molecule has 1 N–H and O–H groups in total. The minimum absolute atomic E-state index is 0.304. The van der Waals surface area contributed by atoms with Gasteiger partial charge < -0.3 is 5.11 Å². The molecule has 4 nitrogen and oxygen atoms in total. The molecule has 0 fully saturated rings. The van der Waals surface area contributed by atoms with Crippen LogP contribution in [-0.4, -0.2) is 20.1 Å². The number of hydrogen-bond donors (Lipinski definition) is 1. The summed E-state index contributed by atoms with van der Waals surface area (Å²) in [6.07, 6.45) is 3.71. The molecule has 0 aliphatic rings. The number of aryl methyl sites for hydroxylation is 3. The van der Waals surface area contributed by atoms with Crippen molar-refractivity contribution >= 4 is 0 Å². The van der Waals surface area contributed by atoms with Gasteiger partial charge in [-0.2, -0.15) is 0 Å². The largest absolute Gasteiger partial charge is 0.508 e. The summed E-state index contributed by atoms with van der Waals surface area (Å²) in [5, 5.41) is 17.0. The third-order valence-corrected chi connectivity index (χ3v) is 2.26. The van der Waals surface area contributed by atoms with Gasteiger partial charge in [-0.15, -0.1) is 5.10 Å². The summed E-state index contributed by atoms with van der Waals surface area (Å²) >= 11 is 0. The Labute approximate surface area is 88.2 Å². The molecule has 0 saturated heterocycles. The maximum atomic E-state index is 9.12. The molecule has 0 aliphatic heterocycles. The van der Waals surface area contributed by atoms with Crippen molar-refractivity contribution in [2.24, 2.45) is 7.05 Å². The van der Waals surface area contributed by atoms with Crippen LogP contribution in [0.15, 0.2) is 30.5 Å². The van der Waals surface area contributed by atoms with E-state index in [1.54, 1.807) is 16.8 Å². The first-order valence-electron chi connectivity index (χ1n) is 4.87. The first kappa shape index (κ1) is 9.71. The van der Waals surface area contributed by atoms with Gasteiger partial charge in [0.15, 0.2) is 0 Å². The van der Waals surface area contributed by atoms with E-state index in [1.807, 2.05) is 25.4 Å². The van der Waals surface area contributed by atoms with E-state index in [0.717, 1.165) is 18.5 Å². The quantitative estimate of drug-likeness (QED) is 0.818. The highest BCUT2D eigenvalue weighted by atomic mass is 16.3. The van der Waals surface area contributed by atoms with E-state index in [9.17, 15) is 0 Å². The van der Waals surface area contributed by atoms with Gasteiger partial charge in [0, 0.05) is 13.2 Å². The van der Waals surface area contributed by atoms with Crippen molar-refractivity contribution in [2.75, 3.05) is 0 Å². The maximum absolute atomic E-state index is 9.12. The average molecular weight is 203 g/mol. The third kappa shape index (κ3) is 2.56. The highest BCUT2D eigenvalue weighted by Crippen LogP contribution is 2.11. The molecule has 0 atom stereocenters. The predicted molar refractivity (Wildman–Crippen MR) is 56.5 cm³/mol. The van der Waals surface area contributed by atoms with Crippen LogP contribution in [0.5, 0.6) is 5.75 Å². The Balaban J connectivity index is 1.96. The molecule has 0 saturated carbocycles. The fourth-order valence-electron chi connectivity index (χ4n) is 1.44. The summed E-state index contributed by atoms with van der Waals surface area (Å²) in [6.45, 7) is 0. The van der Waals surface area contributed by atoms with Crippen LogP contribution in [0.2, 0.25) is 0 Å². The fraction of sp³-hybridized carbons (Fsp3) is 0.273. The zero-order valence-corrected chi connectivity index (χ0v) is 8.59. The van der Waals surface area contributed by atoms with Crippen LogP contribution < -0.4 is 0 Å². The Hall–Kier alpha value is -1.84. The second kappa shape index (κ2) is 4.13. The zero-order valence-electron chi connectivity index (χ0n) is 8.59. The monoisotopic (exact) mass is 203 g/mol. The fourth-order valence-corrected chi connectivity index (χ4v) is 1.44. The van der Waals surface area contributed by atoms with Crippen molar-refractivity contribution in [3.63, 3.8) is 0 Å². The normalized spacial score (nSPS) is 10.5. The van der Waals surface area contributed by atoms with Gasteiger partial charge in [-0.25, -0.2) is 0 Å².